The third-order valence-electron chi connectivity index (χ3n) is 4.29. The number of likely N-dealkylation sites (N-methyl/N-ethyl adjacent to an activating group) is 1. The predicted molar refractivity (Wildman–Crippen MR) is 89.4 cm³/mol. The number of carbonyl (C=O) groups excluding carboxylic acids is 1. The van der Waals surface area contributed by atoms with Crippen LogP contribution in [0.5, 0.6) is 0 Å². The summed E-state index contributed by atoms with van der Waals surface area (Å²) in [4.78, 5) is 15.7. The van der Waals surface area contributed by atoms with Crippen LogP contribution in [-0.4, -0.2) is 23.9 Å². The fourth-order valence-corrected chi connectivity index (χ4v) is 3.61. The summed E-state index contributed by atoms with van der Waals surface area (Å²) in [5.41, 5.74) is 7.59. The molecule has 4 nitrogen and oxygen atoms in total. The Morgan fingerprint density at radius 2 is 2.00 bits per heavy atom. The molecule has 1 aromatic carbocycles. The topological polar surface area (TPSA) is 44.4 Å². The molecule has 5 heteroatoms. The minimum Gasteiger partial charge on any atom is -0.337 e. The van der Waals surface area contributed by atoms with Crippen LogP contribution in [0.3, 0.4) is 0 Å². The van der Waals surface area contributed by atoms with Crippen LogP contribution in [0.25, 0.3) is 0 Å². The van der Waals surface area contributed by atoms with Gasteiger partial charge in [0.05, 0.1) is 6.04 Å². The second-order valence-electron chi connectivity index (χ2n) is 5.68. The molecule has 3 unspecified atom stereocenters. The van der Waals surface area contributed by atoms with Gasteiger partial charge in [-0.3, -0.25) is 4.79 Å². The molecule has 0 saturated carbocycles. The third kappa shape index (κ3) is 3.06. The molecule has 1 aromatic heterocycles. The number of hydrogen-bond donors (Lipinski definition) is 2. The number of nitrogens with one attached hydrogen (secondary N) is 2. The molecule has 2 aromatic rings. The highest BCUT2D eigenvalue weighted by molar-refractivity contribution is 7.10. The van der Waals surface area contributed by atoms with Crippen LogP contribution in [0.15, 0.2) is 47.8 Å². The lowest BCUT2D eigenvalue weighted by molar-refractivity contribution is -0.133. The molecule has 1 aliphatic rings. The van der Waals surface area contributed by atoms with Gasteiger partial charge in [-0.25, -0.2) is 10.9 Å². The van der Waals surface area contributed by atoms with Crippen LogP contribution in [0.4, 0.5) is 0 Å². The fraction of sp³-hybridized carbons (Fsp3) is 0.353. The summed E-state index contributed by atoms with van der Waals surface area (Å²) in [6, 6.07) is 14.4. The highest BCUT2D eigenvalue weighted by atomic mass is 32.1. The van der Waals surface area contributed by atoms with Crippen LogP contribution >= 0.6 is 11.3 Å². The van der Waals surface area contributed by atoms with E-state index in [0.717, 1.165) is 6.42 Å². The Labute approximate surface area is 135 Å². The van der Waals surface area contributed by atoms with Crippen LogP contribution in [0, 0.1) is 0 Å². The molecule has 0 bridgehead atoms. The van der Waals surface area contributed by atoms with Crippen molar-refractivity contribution in [1.29, 1.82) is 0 Å². The first-order valence-electron chi connectivity index (χ1n) is 7.53. The van der Waals surface area contributed by atoms with Crippen LogP contribution in [0.2, 0.25) is 0 Å². The molecule has 0 radical (unpaired) electrons. The van der Waals surface area contributed by atoms with Crippen molar-refractivity contribution in [3.05, 3.63) is 58.3 Å². The number of amides is 1. The number of hydrogen-bond acceptors (Lipinski definition) is 4. The summed E-state index contributed by atoms with van der Waals surface area (Å²) in [6.45, 7) is 2.07. The van der Waals surface area contributed by atoms with E-state index in [2.05, 4.69) is 36.0 Å². The molecule has 1 fully saturated rings. The highest BCUT2D eigenvalue weighted by Crippen LogP contribution is 2.27. The zero-order valence-electron chi connectivity index (χ0n) is 12.8. The van der Waals surface area contributed by atoms with Crippen molar-refractivity contribution >= 4 is 17.2 Å². The molecule has 3 rings (SSSR count). The lowest BCUT2D eigenvalue weighted by Gasteiger charge is -2.26. The van der Waals surface area contributed by atoms with Gasteiger partial charge in [-0.05, 0) is 30.4 Å². The Balaban J connectivity index is 1.64. The smallest absolute Gasteiger partial charge is 0.241 e. The van der Waals surface area contributed by atoms with Crippen molar-refractivity contribution in [2.45, 2.75) is 31.5 Å². The van der Waals surface area contributed by atoms with E-state index < -0.39 is 0 Å². The van der Waals surface area contributed by atoms with E-state index in [1.165, 1.54) is 10.4 Å². The lowest BCUT2D eigenvalue weighted by Crippen LogP contribution is -2.44. The van der Waals surface area contributed by atoms with E-state index >= 15 is 0 Å². The number of thiophene rings is 1. The van der Waals surface area contributed by atoms with Gasteiger partial charge < -0.3 is 4.90 Å². The van der Waals surface area contributed by atoms with Crippen LogP contribution in [0.1, 0.15) is 35.9 Å². The third-order valence-corrected chi connectivity index (χ3v) is 5.33. The number of benzene rings is 1. The van der Waals surface area contributed by atoms with Gasteiger partial charge in [0.25, 0.3) is 0 Å². The Bertz CT molecular complexity index is 614. The largest absolute Gasteiger partial charge is 0.337 e. The minimum atomic E-state index is -0.183. The zero-order valence-corrected chi connectivity index (χ0v) is 13.6. The van der Waals surface area contributed by atoms with Crippen molar-refractivity contribution in [1.82, 2.24) is 15.8 Å². The number of rotatable bonds is 4. The van der Waals surface area contributed by atoms with Crippen molar-refractivity contribution in [3.8, 4) is 0 Å². The zero-order chi connectivity index (χ0) is 15.5. The molecule has 3 atom stereocenters. The molecule has 0 spiro atoms. The summed E-state index contributed by atoms with van der Waals surface area (Å²) < 4.78 is 0. The maximum absolute atomic E-state index is 12.7. The second-order valence-corrected chi connectivity index (χ2v) is 6.66. The molecule has 22 heavy (non-hydrogen) atoms. The number of nitrogens with zero attached hydrogens (tertiary/aromatic N) is 1. The average molecular weight is 315 g/mol. The van der Waals surface area contributed by atoms with E-state index in [4.69, 9.17) is 0 Å². The van der Waals surface area contributed by atoms with E-state index in [1.807, 2.05) is 41.6 Å². The van der Waals surface area contributed by atoms with Gasteiger partial charge >= 0.3 is 0 Å². The van der Waals surface area contributed by atoms with E-state index in [0.29, 0.717) is 0 Å². The molecule has 1 aliphatic heterocycles. The van der Waals surface area contributed by atoms with E-state index in [1.54, 1.807) is 11.3 Å². The van der Waals surface area contributed by atoms with Gasteiger partial charge in [0.2, 0.25) is 5.91 Å². The fourth-order valence-electron chi connectivity index (χ4n) is 2.78. The van der Waals surface area contributed by atoms with Gasteiger partial charge in [-0.15, -0.1) is 11.3 Å². The summed E-state index contributed by atoms with van der Waals surface area (Å²) in [5, 5.41) is 2.05. The maximum Gasteiger partial charge on any atom is 0.241 e. The molecule has 1 amide bonds. The second kappa shape index (κ2) is 6.60. The van der Waals surface area contributed by atoms with Crippen molar-refractivity contribution in [2.75, 3.05) is 7.05 Å². The van der Waals surface area contributed by atoms with Gasteiger partial charge in [-0.2, -0.15) is 0 Å². The lowest BCUT2D eigenvalue weighted by atomic mass is 10.0. The Hall–Kier alpha value is -1.69. The SMILES string of the molecule is CC(c1cccs1)N(C)C(=O)C1CC(c2ccccc2)NN1. The first-order valence-corrected chi connectivity index (χ1v) is 8.41. The molecular weight excluding hydrogens is 294 g/mol. The summed E-state index contributed by atoms with van der Waals surface area (Å²) >= 11 is 1.69. The quantitative estimate of drug-likeness (QED) is 0.912. The predicted octanol–water partition coefficient (Wildman–Crippen LogP) is 2.88. The Morgan fingerprint density at radius 1 is 1.23 bits per heavy atom. The standard InChI is InChI=1S/C17H21N3OS/c1-12(16-9-6-10-22-16)20(2)17(21)15-11-14(18-19-15)13-7-4-3-5-8-13/h3-10,12,14-15,18-19H,11H2,1-2H3. The molecule has 0 aliphatic carbocycles. The van der Waals surface area contributed by atoms with E-state index in [-0.39, 0.29) is 24.0 Å². The Morgan fingerprint density at radius 3 is 2.68 bits per heavy atom. The van der Waals surface area contributed by atoms with Gasteiger partial charge in [-0.1, -0.05) is 36.4 Å². The molecular formula is C17H21N3OS. The monoisotopic (exact) mass is 315 g/mol. The number of hydrazine groups is 1. The molecule has 2 heterocycles. The van der Waals surface area contributed by atoms with Gasteiger partial charge in [0.15, 0.2) is 0 Å². The normalized spacial score (nSPS) is 22.5. The highest BCUT2D eigenvalue weighted by Gasteiger charge is 2.33. The first-order chi connectivity index (χ1) is 10.7. The Kier molecular flexibility index (Phi) is 4.57. The maximum atomic E-state index is 12.7. The van der Waals surface area contributed by atoms with E-state index in [9.17, 15) is 4.79 Å². The van der Waals surface area contributed by atoms with Gasteiger partial charge in [0.1, 0.15) is 6.04 Å². The van der Waals surface area contributed by atoms with Gasteiger partial charge in [0, 0.05) is 18.0 Å². The van der Waals surface area contributed by atoms with Crippen molar-refractivity contribution < 1.29 is 4.79 Å². The first kappa shape index (κ1) is 15.2. The summed E-state index contributed by atoms with van der Waals surface area (Å²) in [7, 11) is 1.88. The molecule has 116 valence electrons. The van der Waals surface area contributed by atoms with Crippen LogP contribution < -0.4 is 10.9 Å². The number of carbonyl (C=O) groups is 1. The minimum absolute atomic E-state index is 0.102. The van der Waals surface area contributed by atoms with Crippen LogP contribution in [-0.2, 0) is 4.79 Å². The summed E-state index contributed by atoms with van der Waals surface area (Å²) in [6.07, 6.45) is 0.768. The molecule has 1 saturated heterocycles. The average Bonchev–Trinajstić information content (AvgIpc) is 3.25. The summed E-state index contributed by atoms with van der Waals surface area (Å²) in [5.74, 6) is 0.131. The van der Waals surface area contributed by atoms with Crippen molar-refractivity contribution in [3.63, 3.8) is 0 Å². The molecule has 2 N–H and O–H groups in total. The van der Waals surface area contributed by atoms with Crippen molar-refractivity contribution in [2.24, 2.45) is 0 Å².